The summed E-state index contributed by atoms with van der Waals surface area (Å²) in [6.07, 6.45) is 12.0. The maximum Gasteiger partial charge on any atom is 0.227 e. The Morgan fingerprint density at radius 3 is 2.70 bits per heavy atom. The van der Waals surface area contributed by atoms with Crippen LogP contribution in [0.3, 0.4) is 0 Å². The summed E-state index contributed by atoms with van der Waals surface area (Å²) in [7, 11) is 0. The van der Waals surface area contributed by atoms with Gasteiger partial charge in [0.15, 0.2) is 5.82 Å². The molecule has 1 fully saturated rings. The van der Waals surface area contributed by atoms with E-state index in [0.29, 0.717) is 39.7 Å². The number of rotatable bonds is 5. The number of hydrogen-bond acceptors (Lipinski definition) is 6. The standard InChI is InChI=1S/C30H25FN8O/c31-20-8-4-7-18(11-20)26-28-23(9-10-33-26)36-29(37-28)27-22-13-24(34-16-25(22)38-39-27)19-12-21(15-32-14-19)35-30(40)17-5-2-1-3-6-17/h4,7-17H,1-3,5-6H2,(H,35,40)(H,36,37)(H,38,39). The first-order valence-corrected chi connectivity index (χ1v) is 13.3. The number of benzene rings is 1. The number of H-pyrrole nitrogens is 2. The van der Waals surface area contributed by atoms with Crippen LogP contribution in [0.2, 0.25) is 0 Å². The lowest BCUT2D eigenvalue weighted by Gasteiger charge is -2.20. The van der Waals surface area contributed by atoms with Gasteiger partial charge in [-0.05, 0) is 43.2 Å². The SMILES string of the molecule is O=C(Nc1cncc(-c2cc3c(-c4nc5c(-c6cccc(F)c6)nccc5[nH]4)n[nH]c3cn2)c1)C1CCCCC1. The topological polar surface area (TPSA) is 125 Å². The van der Waals surface area contributed by atoms with E-state index in [4.69, 9.17) is 4.98 Å². The third-order valence-electron chi connectivity index (χ3n) is 7.45. The monoisotopic (exact) mass is 532 g/mol. The van der Waals surface area contributed by atoms with Gasteiger partial charge in [-0.1, -0.05) is 31.4 Å². The fraction of sp³-hybridized carbons (Fsp3) is 0.200. The van der Waals surface area contributed by atoms with Crippen molar-refractivity contribution in [2.75, 3.05) is 5.32 Å². The molecule has 198 valence electrons. The number of pyridine rings is 3. The van der Waals surface area contributed by atoms with Crippen LogP contribution >= 0.6 is 0 Å². The van der Waals surface area contributed by atoms with E-state index in [1.54, 1.807) is 36.9 Å². The van der Waals surface area contributed by atoms with Crippen LogP contribution in [0.1, 0.15) is 32.1 Å². The lowest BCUT2D eigenvalue weighted by atomic mass is 9.88. The zero-order valence-electron chi connectivity index (χ0n) is 21.5. The number of carbonyl (C=O) groups is 1. The Morgan fingerprint density at radius 2 is 1.82 bits per heavy atom. The molecule has 5 aromatic heterocycles. The van der Waals surface area contributed by atoms with Gasteiger partial charge in [0, 0.05) is 34.8 Å². The van der Waals surface area contributed by atoms with Crippen molar-refractivity contribution in [2.45, 2.75) is 32.1 Å². The number of anilines is 1. The highest BCUT2D eigenvalue weighted by Crippen LogP contribution is 2.32. The van der Waals surface area contributed by atoms with Gasteiger partial charge in [-0.25, -0.2) is 9.37 Å². The van der Waals surface area contributed by atoms with E-state index < -0.39 is 0 Å². The van der Waals surface area contributed by atoms with Gasteiger partial charge >= 0.3 is 0 Å². The molecule has 0 radical (unpaired) electrons. The summed E-state index contributed by atoms with van der Waals surface area (Å²) in [5.74, 6) is 0.324. The minimum atomic E-state index is -0.336. The lowest BCUT2D eigenvalue weighted by molar-refractivity contribution is -0.120. The molecule has 0 spiro atoms. The number of halogens is 1. The molecule has 0 aliphatic heterocycles. The molecule has 1 aliphatic carbocycles. The summed E-state index contributed by atoms with van der Waals surface area (Å²) in [5, 5.41) is 11.4. The van der Waals surface area contributed by atoms with Crippen LogP contribution in [0.25, 0.3) is 56.0 Å². The molecule has 1 amide bonds. The predicted octanol–water partition coefficient (Wildman–Crippen LogP) is 6.28. The number of nitrogens with one attached hydrogen (secondary N) is 3. The second-order valence-electron chi connectivity index (χ2n) is 10.1. The van der Waals surface area contributed by atoms with Gasteiger partial charge in [-0.2, -0.15) is 5.10 Å². The molecule has 1 saturated carbocycles. The first kappa shape index (κ1) is 24.1. The molecule has 0 saturated heterocycles. The van der Waals surface area contributed by atoms with Crippen LogP contribution in [-0.4, -0.2) is 41.0 Å². The van der Waals surface area contributed by atoms with E-state index in [2.05, 4.69) is 35.5 Å². The minimum absolute atomic E-state index is 0.0520. The number of amides is 1. The molecule has 3 N–H and O–H groups in total. The van der Waals surface area contributed by atoms with Crippen molar-refractivity contribution in [3.63, 3.8) is 0 Å². The number of carbonyl (C=O) groups excluding carboxylic acids is 1. The zero-order valence-corrected chi connectivity index (χ0v) is 21.5. The summed E-state index contributed by atoms with van der Waals surface area (Å²) in [6, 6.07) is 11.9. The molecule has 6 aromatic rings. The molecule has 40 heavy (non-hydrogen) atoms. The van der Waals surface area contributed by atoms with Crippen LogP contribution in [0, 0.1) is 11.7 Å². The van der Waals surface area contributed by atoms with Crippen molar-refractivity contribution in [3.8, 4) is 34.0 Å². The average Bonchev–Trinajstić information content (AvgIpc) is 3.61. The Balaban J connectivity index is 1.23. The van der Waals surface area contributed by atoms with Crippen LogP contribution in [0.4, 0.5) is 10.1 Å². The van der Waals surface area contributed by atoms with Crippen LogP contribution in [-0.2, 0) is 4.79 Å². The number of aromatic amines is 2. The van der Waals surface area contributed by atoms with Crippen molar-refractivity contribution in [2.24, 2.45) is 5.92 Å². The van der Waals surface area contributed by atoms with E-state index in [9.17, 15) is 9.18 Å². The Labute approximate surface area is 228 Å². The first-order valence-electron chi connectivity index (χ1n) is 13.3. The van der Waals surface area contributed by atoms with Gasteiger partial charge in [-0.15, -0.1) is 0 Å². The summed E-state index contributed by atoms with van der Waals surface area (Å²) in [6.45, 7) is 0. The fourth-order valence-corrected chi connectivity index (χ4v) is 5.41. The predicted molar refractivity (Wildman–Crippen MR) is 151 cm³/mol. The van der Waals surface area contributed by atoms with Crippen molar-refractivity contribution in [1.82, 2.24) is 35.1 Å². The van der Waals surface area contributed by atoms with Crippen LogP contribution in [0.15, 0.2) is 67.3 Å². The largest absolute Gasteiger partial charge is 0.336 e. The lowest BCUT2D eigenvalue weighted by Crippen LogP contribution is -2.24. The van der Waals surface area contributed by atoms with Gasteiger partial charge < -0.3 is 10.3 Å². The maximum absolute atomic E-state index is 13.9. The molecule has 7 rings (SSSR count). The van der Waals surface area contributed by atoms with Gasteiger partial charge in [0.1, 0.15) is 17.0 Å². The van der Waals surface area contributed by atoms with Gasteiger partial charge in [0.05, 0.1) is 40.5 Å². The highest BCUT2D eigenvalue weighted by atomic mass is 19.1. The van der Waals surface area contributed by atoms with E-state index in [-0.39, 0.29) is 17.6 Å². The highest BCUT2D eigenvalue weighted by Gasteiger charge is 2.21. The van der Waals surface area contributed by atoms with E-state index in [1.165, 1.54) is 18.6 Å². The second kappa shape index (κ2) is 9.96. The molecule has 1 aliphatic rings. The molecule has 0 unspecified atom stereocenters. The average molecular weight is 533 g/mol. The van der Waals surface area contributed by atoms with Gasteiger partial charge in [-0.3, -0.25) is 24.8 Å². The molecule has 1 aromatic carbocycles. The molecule has 9 nitrogen and oxygen atoms in total. The molecule has 10 heteroatoms. The fourth-order valence-electron chi connectivity index (χ4n) is 5.41. The Bertz CT molecular complexity index is 1870. The molecule has 0 bridgehead atoms. The highest BCUT2D eigenvalue weighted by molar-refractivity contribution is 5.97. The zero-order chi connectivity index (χ0) is 27.1. The molecular weight excluding hydrogens is 507 g/mol. The molecule has 0 atom stereocenters. The van der Waals surface area contributed by atoms with E-state index >= 15 is 0 Å². The number of imidazole rings is 1. The summed E-state index contributed by atoms with van der Waals surface area (Å²) >= 11 is 0. The summed E-state index contributed by atoms with van der Waals surface area (Å²) in [4.78, 5) is 34.3. The van der Waals surface area contributed by atoms with Gasteiger partial charge in [0.2, 0.25) is 5.91 Å². The number of nitrogens with zero attached hydrogens (tertiary/aromatic N) is 5. The van der Waals surface area contributed by atoms with Crippen LogP contribution in [0.5, 0.6) is 0 Å². The molecular formula is C30H25FN8O. The van der Waals surface area contributed by atoms with Crippen molar-refractivity contribution in [1.29, 1.82) is 0 Å². The Hall–Kier alpha value is -4.99. The number of fused-ring (bicyclic) bond motifs is 2. The quantitative estimate of drug-likeness (QED) is 0.240. The Morgan fingerprint density at radius 1 is 0.925 bits per heavy atom. The van der Waals surface area contributed by atoms with Gasteiger partial charge in [0.25, 0.3) is 0 Å². The minimum Gasteiger partial charge on any atom is -0.336 e. The third kappa shape index (κ3) is 4.47. The summed E-state index contributed by atoms with van der Waals surface area (Å²) < 4.78 is 13.9. The maximum atomic E-state index is 13.9. The first-order chi connectivity index (χ1) is 19.6. The Kier molecular flexibility index (Phi) is 5.99. The van der Waals surface area contributed by atoms with Crippen molar-refractivity contribution >= 4 is 33.5 Å². The third-order valence-corrected chi connectivity index (χ3v) is 7.45. The number of hydrogen-bond donors (Lipinski definition) is 3. The summed E-state index contributed by atoms with van der Waals surface area (Å²) in [5.41, 5.74) is 6.10. The van der Waals surface area contributed by atoms with Crippen molar-refractivity contribution in [3.05, 3.63) is 73.1 Å². The number of aromatic nitrogens is 7. The van der Waals surface area contributed by atoms with E-state index in [1.807, 2.05) is 18.2 Å². The normalized spacial score (nSPS) is 14.1. The molecule has 5 heterocycles. The van der Waals surface area contributed by atoms with E-state index in [0.717, 1.165) is 47.7 Å². The van der Waals surface area contributed by atoms with Crippen molar-refractivity contribution < 1.29 is 9.18 Å². The smallest absolute Gasteiger partial charge is 0.227 e. The second-order valence-corrected chi connectivity index (χ2v) is 10.1. The van der Waals surface area contributed by atoms with Crippen LogP contribution < -0.4 is 5.32 Å².